The molecule has 58 valence electrons. The Morgan fingerprint density at radius 3 is 2.36 bits per heavy atom. The second-order valence-corrected chi connectivity index (χ2v) is 1.63. The number of nitrogens with zero attached hydrogens (tertiary/aromatic N) is 2. The van der Waals surface area contributed by atoms with Gasteiger partial charge in [-0.05, 0) is 6.42 Å². The van der Waals surface area contributed by atoms with Gasteiger partial charge >= 0.3 is 6.15 Å². The van der Waals surface area contributed by atoms with Gasteiger partial charge in [0.1, 0.15) is 0 Å². The molecular weight excluding hydrogens is 144 g/mol. The maximum Gasteiger partial charge on any atom is 0.373 e. The normalized spacial score (nSPS) is 7.36. The molecule has 0 bridgehead atoms. The minimum Gasteiger partial charge on any atom is -0.261 e. The van der Waals surface area contributed by atoms with E-state index in [1.54, 1.807) is 18.6 Å². The van der Waals surface area contributed by atoms with Crippen molar-refractivity contribution >= 4 is 6.15 Å². The molecule has 0 fully saturated rings. The van der Waals surface area contributed by atoms with Gasteiger partial charge in [0.05, 0.1) is 5.69 Å². The second-order valence-electron chi connectivity index (χ2n) is 1.63. The Kier molecular flexibility index (Phi) is 5.66. The highest BCUT2D eigenvalue weighted by Gasteiger charge is 1.82. The summed E-state index contributed by atoms with van der Waals surface area (Å²) in [6.45, 7) is 2.06. The summed E-state index contributed by atoms with van der Waals surface area (Å²) in [5.74, 6) is 0. The lowest BCUT2D eigenvalue weighted by Gasteiger charge is -1.88. The molecule has 0 saturated heterocycles. The van der Waals surface area contributed by atoms with Crippen molar-refractivity contribution in [1.29, 1.82) is 0 Å². The number of aromatic nitrogens is 2. The third kappa shape index (κ3) is 4.93. The molecule has 1 aromatic heterocycles. The van der Waals surface area contributed by atoms with E-state index in [4.69, 9.17) is 9.59 Å². The van der Waals surface area contributed by atoms with Gasteiger partial charge in [-0.2, -0.15) is 9.59 Å². The van der Waals surface area contributed by atoms with E-state index in [-0.39, 0.29) is 6.15 Å². The molecule has 0 aliphatic heterocycles. The number of aryl methyl sites for hydroxylation is 1. The molecule has 0 aromatic carbocycles. The summed E-state index contributed by atoms with van der Waals surface area (Å²) in [7, 11) is 0. The van der Waals surface area contributed by atoms with Gasteiger partial charge in [0, 0.05) is 18.6 Å². The quantitative estimate of drug-likeness (QED) is 0.586. The Morgan fingerprint density at radius 1 is 1.45 bits per heavy atom. The smallest absolute Gasteiger partial charge is 0.261 e. The Morgan fingerprint density at radius 2 is 2.09 bits per heavy atom. The molecule has 11 heavy (non-hydrogen) atoms. The summed E-state index contributed by atoms with van der Waals surface area (Å²) in [4.78, 5) is 24.2. The van der Waals surface area contributed by atoms with E-state index in [2.05, 4.69) is 16.9 Å². The molecule has 1 heterocycles. The fraction of sp³-hybridized carbons (Fsp3) is 0.286. The zero-order valence-corrected chi connectivity index (χ0v) is 6.15. The molecule has 0 atom stereocenters. The number of hydrogen-bond acceptors (Lipinski definition) is 4. The maximum absolute atomic E-state index is 8.12. The van der Waals surface area contributed by atoms with Gasteiger partial charge < -0.3 is 0 Å². The molecule has 0 aliphatic carbocycles. The van der Waals surface area contributed by atoms with Gasteiger partial charge in [0.2, 0.25) is 0 Å². The number of hydrogen-bond donors (Lipinski definition) is 0. The molecule has 1 rings (SSSR count). The van der Waals surface area contributed by atoms with E-state index in [9.17, 15) is 0 Å². The predicted molar refractivity (Wildman–Crippen MR) is 36.4 cm³/mol. The van der Waals surface area contributed by atoms with Crippen molar-refractivity contribution in [1.82, 2.24) is 9.97 Å². The van der Waals surface area contributed by atoms with Crippen molar-refractivity contribution in [3.05, 3.63) is 24.3 Å². The zero-order valence-electron chi connectivity index (χ0n) is 6.15. The van der Waals surface area contributed by atoms with Crippen LogP contribution in [0.5, 0.6) is 0 Å². The van der Waals surface area contributed by atoms with E-state index < -0.39 is 0 Å². The molecule has 0 amide bonds. The zero-order chi connectivity index (χ0) is 8.53. The molecule has 0 saturated carbocycles. The van der Waals surface area contributed by atoms with Crippen molar-refractivity contribution in [2.75, 3.05) is 0 Å². The SMILES string of the molecule is CCc1cnccn1.O=C=O. The fourth-order valence-electron chi connectivity index (χ4n) is 0.513. The van der Waals surface area contributed by atoms with Crippen molar-refractivity contribution in [3.8, 4) is 0 Å². The molecule has 4 heteroatoms. The van der Waals surface area contributed by atoms with Crippen LogP contribution >= 0.6 is 0 Å². The minimum atomic E-state index is 0.250. The summed E-state index contributed by atoms with van der Waals surface area (Å²) in [6.07, 6.45) is 6.38. The highest BCUT2D eigenvalue weighted by Crippen LogP contribution is 1.87. The largest absolute Gasteiger partial charge is 0.373 e. The summed E-state index contributed by atoms with van der Waals surface area (Å²) >= 11 is 0. The summed E-state index contributed by atoms with van der Waals surface area (Å²) in [5, 5.41) is 0. The first kappa shape index (κ1) is 9.46. The molecule has 0 aliphatic rings. The average Bonchev–Trinajstić information content (AvgIpc) is 2.08. The van der Waals surface area contributed by atoms with Gasteiger partial charge in [0.15, 0.2) is 0 Å². The third-order valence-electron chi connectivity index (χ3n) is 0.979. The van der Waals surface area contributed by atoms with Crippen LogP contribution in [-0.2, 0) is 16.0 Å². The maximum atomic E-state index is 8.12. The first-order chi connectivity index (χ1) is 5.35. The first-order valence-corrected chi connectivity index (χ1v) is 3.09. The van der Waals surface area contributed by atoms with E-state index in [1.165, 1.54) is 0 Å². The molecule has 0 unspecified atom stereocenters. The van der Waals surface area contributed by atoms with Crippen LogP contribution in [0.4, 0.5) is 0 Å². The molecule has 0 radical (unpaired) electrons. The van der Waals surface area contributed by atoms with Crippen LogP contribution < -0.4 is 0 Å². The lowest BCUT2D eigenvalue weighted by molar-refractivity contribution is -0.191. The fourth-order valence-corrected chi connectivity index (χ4v) is 0.513. The third-order valence-corrected chi connectivity index (χ3v) is 0.979. The van der Waals surface area contributed by atoms with E-state index in [0.717, 1.165) is 12.1 Å². The van der Waals surface area contributed by atoms with Crippen molar-refractivity contribution in [2.45, 2.75) is 13.3 Å². The summed E-state index contributed by atoms with van der Waals surface area (Å²) < 4.78 is 0. The molecule has 0 N–H and O–H groups in total. The van der Waals surface area contributed by atoms with Crippen LogP contribution in [0.2, 0.25) is 0 Å². The predicted octanol–water partition coefficient (Wildman–Crippen LogP) is 0.455. The molecule has 1 aromatic rings. The molecular formula is C7H8N2O2. The van der Waals surface area contributed by atoms with Crippen LogP contribution in [-0.4, -0.2) is 16.1 Å². The monoisotopic (exact) mass is 152 g/mol. The second kappa shape index (κ2) is 6.58. The highest BCUT2D eigenvalue weighted by atomic mass is 16.2. The first-order valence-electron chi connectivity index (χ1n) is 3.09. The molecule has 0 spiro atoms. The summed E-state index contributed by atoms with van der Waals surface area (Å²) in [6, 6.07) is 0. The van der Waals surface area contributed by atoms with E-state index in [0.29, 0.717) is 0 Å². The highest BCUT2D eigenvalue weighted by molar-refractivity contribution is 5.20. The number of carbonyl (C=O) groups excluding carboxylic acids is 2. The van der Waals surface area contributed by atoms with Crippen LogP contribution in [0, 0.1) is 0 Å². The average molecular weight is 152 g/mol. The van der Waals surface area contributed by atoms with Crippen molar-refractivity contribution < 1.29 is 9.59 Å². The van der Waals surface area contributed by atoms with Crippen molar-refractivity contribution in [3.63, 3.8) is 0 Å². The van der Waals surface area contributed by atoms with Crippen LogP contribution in [0.15, 0.2) is 18.6 Å². The van der Waals surface area contributed by atoms with E-state index in [1.807, 2.05) is 0 Å². The number of rotatable bonds is 1. The van der Waals surface area contributed by atoms with Gasteiger partial charge in [-0.25, -0.2) is 0 Å². The lowest BCUT2D eigenvalue weighted by atomic mass is 10.4. The van der Waals surface area contributed by atoms with Crippen LogP contribution in [0.25, 0.3) is 0 Å². The minimum absolute atomic E-state index is 0.250. The van der Waals surface area contributed by atoms with E-state index >= 15 is 0 Å². The van der Waals surface area contributed by atoms with Crippen LogP contribution in [0.3, 0.4) is 0 Å². The summed E-state index contributed by atoms with van der Waals surface area (Å²) in [5.41, 5.74) is 1.05. The Balaban J connectivity index is 0.000000292. The Labute approximate surface area is 64.3 Å². The Bertz CT molecular complexity index is 217. The Hall–Kier alpha value is -1.54. The topological polar surface area (TPSA) is 59.9 Å². The van der Waals surface area contributed by atoms with Crippen molar-refractivity contribution in [2.24, 2.45) is 0 Å². The van der Waals surface area contributed by atoms with Gasteiger partial charge in [-0.1, -0.05) is 6.92 Å². The van der Waals surface area contributed by atoms with Gasteiger partial charge in [0.25, 0.3) is 0 Å². The van der Waals surface area contributed by atoms with Gasteiger partial charge in [-0.15, -0.1) is 0 Å². The van der Waals surface area contributed by atoms with Crippen LogP contribution in [0.1, 0.15) is 12.6 Å². The van der Waals surface area contributed by atoms with Gasteiger partial charge in [-0.3, -0.25) is 9.97 Å². The molecule has 4 nitrogen and oxygen atoms in total. The standard InChI is InChI=1S/C6H8N2.CO2/c1-2-6-5-7-3-4-8-6;2-1-3/h3-5H,2H2,1H3;. The lowest BCUT2D eigenvalue weighted by Crippen LogP contribution is -1.84.